The summed E-state index contributed by atoms with van der Waals surface area (Å²) in [6.07, 6.45) is 5.21. The van der Waals surface area contributed by atoms with Crippen molar-refractivity contribution in [2.75, 3.05) is 34.3 Å². The second kappa shape index (κ2) is 12.2. The zero-order valence-corrected chi connectivity index (χ0v) is 20.8. The maximum absolute atomic E-state index is 11.7. The highest BCUT2D eigenvalue weighted by molar-refractivity contribution is 14.0. The molecule has 29 heavy (non-hydrogen) atoms. The van der Waals surface area contributed by atoms with Gasteiger partial charge >= 0.3 is 0 Å². The zero-order valence-electron chi connectivity index (χ0n) is 18.5. The third kappa shape index (κ3) is 8.40. The Morgan fingerprint density at radius 1 is 1.28 bits per heavy atom. The molecule has 1 aromatic carbocycles. The van der Waals surface area contributed by atoms with Gasteiger partial charge in [-0.1, -0.05) is 32.4 Å². The summed E-state index contributed by atoms with van der Waals surface area (Å²) in [5, 5.41) is 6.89. The largest absolute Gasteiger partial charge is 0.484 e. The summed E-state index contributed by atoms with van der Waals surface area (Å²) in [5.41, 5.74) is 1.51. The number of nitrogens with zero attached hydrogens (tertiary/aromatic N) is 2. The number of aliphatic imine (C=N–C) groups is 1. The Labute approximate surface area is 192 Å². The number of ether oxygens (including phenoxy) is 1. The molecule has 7 heteroatoms. The van der Waals surface area contributed by atoms with Crippen molar-refractivity contribution in [2.45, 2.75) is 46.1 Å². The molecule has 1 aliphatic rings. The van der Waals surface area contributed by atoms with E-state index in [1.165, 1.54) is 30.6 Å². The molecule has 0 aromatic heterocycles. The first-order valence-electron chi connectivity index (χ1n) is 10.2. The van der Waals surface area contributed by atoms with E-state index < -0.39 is 0 Å². The quantitative estimate of drug-likeness (QED) is 0.299. The molecule has 0 aliphatic heterocycles. The lowest BCUT2D eigenvalue weighted by Gasteiger charge is -2.43. The molecule has 1 saturated carbocycles. The molecule has 0 unspecified atom stereocenters. The van der Waals surface area contributed by atoms with Crippen molar-refractivity contribution < 1.29 is 9.53 Å². The predicted molar refractivity (Wildman–Crippen MR) is 130 cm³/mol. The Balaban J connectivity index is 0.00000420. The van der Waals surface area contributed by atoms with E-state index in [0.29, 0.717) is 17.7 Å². The number of carbonyl (C=O) groups is 1. The SMILES string of the molecule is CN=C(NCc1cccc(OCC(=O)N(C)C)c1)NCC1(CC(C)C)CCC1.I. The van der Waals surface area contributed by atoms with Crippen LogP contribution < -0.4 is 15.4 Å². The van der Waals surface area contributed by atoms with Crippen LogP contribution in [-0.4, -0.2) is 51.1 Å². The molecule has 0 bridgehead atoms. The van der Waals surface area contributed by atoms with Crippen molar-refractivity contribution in [1.29, 1.82) is 0 Å². The van der Waals surface area contributed by atoms with Crippen LogP contribution in [-0.2, 0) is 11.3 Å². The Bertz CT molecular complexity index is 673. The van der Waals surface area contributed by atoms with Crippen molar-refractivity contribution in [2.24, 2.45) is 16.3 Å². The number of nitrogens with one attached hydrogen (secondary N) is 2. The van der Waals surface area contributed by atoms with Crippen LogP contribution >= 0.6 is 24.0 Å². The van der Waals surface area contributed by atoms with Crippen LogP contribution in [0.15, 0.2) is 29.3 Å². The summed E-state index contributed by atoms with van der Waals surface area (Å²) in [6.45, 7) is 6.27. The normalized spacial score (nSPS) is 15.2. The second-order valence-corrected chi connectivity index (χ2v) is 8.46. The molecule has 1 amide bonds. The second-order valence-electron chi connectivity index (χ2n) is 8.46. The molecule has 1 aliphatic carbocycles. The molecule has 0 spiro atoms. The van der Waals surface area contributed by atoms with Crippen molar-refractivity contribution >= 4 is 35.8 Å². The van der Waals surface area contributed by atoms with E-state index in [1.54, 1.807) is 21.1 Å². The maximum Gasteiger partial charge on any atom is 0.259 e. The average Bonchev–Trinajstić information content (AvgIpc) is 2.63. The lowest BCUT2D eigenvalue weighted by molar-refractivity contribution is -0.130. The van der Waals surface area contributed by atoms with Gasteiger partial charge in [0.25, 0.3) is 5.91 Å². The predicted octanol–water partition coefficient (Wildman–Crippen LogP) is 3.65. The summed E-state index contributed by atoms with van der Waals surface area (Å²) in [7, 11) is 5.25. The Morgan fingerprint density at radius 3 is 2.55 bits per heavy atom. The molecule has 1 fully saturated rings. The summed E-state index contributed by atoms with van der Waals surface area (Å²) in [4.78, 5) is 17.5. The van der Waals surface area contributed by atoms with Gasteiger partial charge < -0.3 is 20.3 Å². The third-order valence-electron chi connectivity index (χ3n) is 5.33. The smallest absolute Gasteiger partial charge is 0.259 e. The molecule has 0 radical (unpaired) electrons. The monoisotopic (exact) mass is 516 g/mol. The van der Waals surface area contributed by atoms with Crippen LogP contribution in [0.1, 0.15) is 45.1 Å². The minimum atomic E-state index is -0.0561. The molecule has 0 heterocycles. The van der Waals surface area contributed by atoms with Gasteiger partial charge in [0.1, 0.15) is 5.75 Å². The molecule has 0 saturated heterocycles. The van der Waals surface area contributed by atoms with Crippen molar-refractivity contribution in [1.82, 2.24) is 15.5 Å². The molecule has 6 nitrogen and oxygen atoms in total. The highest BCUT2D eigenvalue weighted by Gasteiger charge is 2.37. The number of hydrogen-bond acceptors (Lipinski definition) is 3. The summed E-state index contributed by atoms with van der Waals surface area (Å²) < 4.78 is 5.59. The number of benzene rings is 1. The van der Waals surface area contributed by atoms with Gasteiger partial charge in [-0.05, 0) is 48.3 Å². The molecular weight excluding hydrogens is 479 g/mol. The summed E-state index contributed by atoms with van der Waals surface area (Å²) >= 11 is 0. The summed E-state index contributed by atoms with van der Waals surface area (Å²) in [6, 6.07) is 7.79. The average molecular weight is 516 g/mol. The van der Waals surface area contributed by atoms with Gasteiger partial charge in [-0.15, -0.1) is 24.0 Å². The maximum atomic E-state index is 11.7. The fourth-order valence-electron chi connectivity index (χ4n) is 3.69. The van der Waals surface area contributed by atoms with Gasteiger partial charge in [-0.25, -0.2) is 0 Å². The number of amides is 1. The minimum Gasteiger partial charge on any atom is -0.484 e. The summed E-state index contributed by atoms with van der Waals surface area (Å²) in [5.74, 6) is 2.19. The standard InChI is InChI=1S/C22H36N4O2.HI/c1-17(2)13-22(10-7-11-22)16-25-21(23-3)24-14-18-8-6-9-19(12-18)28-15-20(27)26(4)5;/h6,8-9,12,17H,7,10-11,13-16H2,1-5H3,(H2,23,24,25);1H. The van der Waals surface area contributed by atoms with Crippen LogP contribution in [0.3, 0.4) is 0 Å². The lowest BCUT2D eigenvalue weighted by atomic mass is 9.64. The van der Waals surface area contributed by atoms with Crippen molar-refractivity contribution in [3.63, 3.8) is 0 Å². The van der Waals surface area contributed by atoms with Crippen LogP contribution in [0.5, 0.6) is 5.75 Å². The lowest BCUT2D eigenvalue weighted by Crippen LogP contribution is -2.46. The highest BCUT2D eigenvalue weighted by Crippen LogP contribution is 2.45. The first-order chi connectivity index (χ1) is 13.3. The van der Waals surface area contributed by atoms with Crippen LogP contribution in [0.25, 0.3) is 0 Å². The number of guanidine groups is 1. The van der Waals surface area contributed by atoms with Gasteiger partial charge in [0.2, 0.25) is 0 Å². The van der Waals surface area contributed by atoms with E-state index in [2.05, 4.69) is 29.5 Å². The van der Waals surface area contributed by atoms with Crippen LogP contribution in [0.4, 0.5) is 0 Å². The third-order valence-corrected chi connectivity index (χ3v) is 5.33. The Hall–Kier alpha value is -1.51. The molecule has 2 rings (SSSR count). The number of halogens is 1. The zero-order chi connectivity index (χ0) is 20.6. The molecule has 0 atom stereocenters. The first-order valence-corrected chi connectivity index (χ1v) is 10.2. The van der Waals surface area contributed by atoms with Crippen LogP contribution in [0, 0.1) is 11.3 Å². The number of rotatable bonds is 9. The molecule has 1 aromatic rings. The molecule has 2 N–H and O–H groups in total. The Kier molecular flexibility index (Phi) is 10.8. The van der Waals surface area contributed by atoms with Gasteiger partial charge in [0.15, 0.2) is 12.6 Å². The van der Waals surface area contributed by atoms with E-state index >= 15 is 0 Å². The van der Waals surface area contributed by atoms with Crippen molar-refractivity contribution in [3.8, 4) is 5.75 Å². The number of carbonyl (C=O) groups excluding carboxylic acids is 1. The van der Waals surface area contributed by atoms with Gasteiger partial charge in [-0.2, -0.15) is 0 Å². The van der Waals surface area contributed by atoms with Crippen LogP contribution in [0.2, 0.25) is 0 Å². The van der Waals surface area contributed by atoms with Gasteiger partial charge in [0.05, 0.1) is 0 Å². The molecular formula is C22H37IN4O2. The first kappa shape index (κ1) is 25.5. The topological polar surface area (TPSA) is 66.0 Å². The van der Waals surface area contributed by atoms with Crippen molar-refractivity contribution in [3.05, 3.63) is 29.8 Å². The van der Waals surface area contributed by atoms with E-state index in [-0.39, 0.29) is 36.5 Å². The van der Waals surface area contributed by atoms with E-state index in [1.807, 2.05) is 24.3 Å². The van der Waals surface area contributed by atoms with E-state index in [0.717, 1.165) is 24.0 Å². The highest BCUT2D eigenvalue weighted by atomic mass is 127. The fourth-order valence-corrected chi connectivity index (χ4v) is 3.69. The molecule has 164 valence electrons. The van der Waals surface area contributed by atoms with E-state index in [4.69, 9.17) is 4.74 Å². The number of hydrogen-bond donors (Lipinski definition) is 2. The minimum absolute atomic E-state index is 0. The van der Waals surface area contributed by atoms with Gasteiger partial charge in [-0.3, -0.25) is 9.79 Å². The Morgan fingerprint density at radius 2 is 2.00 bits per heavy atom. The fraction of sp³-hybridized carbons (Fsp3) is 0.636. The number of likely N-dealkylation sites (N-methyl/N-ethyl adjacent to an activating group) is 1. The van der Waals surface area contributed by atoms with Gasteiger partial charge in [0, 0.05) is 34.2 Å². The van der Waals surface area contributed by atoms with E-state index in [9.17, 15) is 4.79 Å².